The SMILES string of the molecule is CC(C)(C)OC(=O)N1CCC(C=O)C1.CC(C)(C)OC(=O)N1CCC(CN(CCN2CCCCC2)C(=O)OCc2ccccc2)C1.CC(C)(C)OC(=O)N1CCC(CNCCN2CCCCC2)C1.NCCN1CCCCC1.O=C(Cl)C(=O)c1ccccc1. The summed E-state index contributed by atoms with van der Waals surface area (Å²) < 4.78 is 21.8. The van der Waals surface area contributed by atoms with Crippen molar-refractivity contribution >= 4 is 53.3 Å². The van der Waals surface area contributed by atoms with E-state index in [1.807, 2.05) is 102 Å². The number of benzene rings is 2. The van der Waals surface area contributed by atoms with Gasteiger partial charge >= 0.3 is 24.4 Å². The lowest BCUT2D eigenvalue weighted by Gasteiger charge is -2.31. The Morgan fingerprint density at radius 2 is 1.00 bits per heavy atom. The lowest BCUT2D eigenvalue weighted by molar-refractivity contribution is -0.110. The van der Waals surface area contributed by atoms with E-state index in [-0.39, 0.29) is 42.8 Å². The van der Waals surface area contributed by atoms with Gasteiger partial charge in [-0.1, -0.05) is 79.9 Å². The van der Waals surface area contributed by atoms with Gasteiger partial charge in [0.15, 0.2) is 0 Å². The third kappa shape index (κ3) is 31.9. The van der Waals surface area contributed by atoms with E-state index in [0.29, 0.717) is 50.7 Å². The summed E-state index contributed by atoms with van der Waals surface area (Å²) in [6.45, 7) is 35.7. The van der Waals surface area contributed by atoms with Crippen molar-refractivity contribution in [3.05, 3.63) is 71.8 Å². The van der Waals surface area contributed by atoms with E-state index in [0.717, 1.165) is 96.6 Å². The van der Waals surface area contributed by atoms with Crippen LogP contribution in [0.5, 0.6) is 0 Å². The first-order chi connectivity index (χ1) is 41.8. The number of likely N-dealkylation sites (tertiary alicyclic amines) is 6. The van der Waals surface area contributed by atoms with Gasteiger partial charge in [0, 0.05) is 96.6 Å². The molecule has 8 rings (SSSR count). The predicted molar refractivity (Wildman–Crippen MR) is 346 cm³/mol. The number of amides is 4. The van der Waals surface area contributed by atoms with Crippen molar-refractivity contribution in [1.29, 1.82) is 0 Å². The fourth-order valence-corrected chi connectivity index (χ4v) is 11.1. The number of ketones is 1. The van der Waals surface area contributed by atoms with Crippen LogP contribution < -0.4 is 11.1 Å². The topological polar surface area (TPSA) is 217 Å². The highest BCUT2D eigenvalue weighted by Crippen LogP contribution is 2.23. The summed E-state index contributed by atoms with van der Waals surface area (Å²) in [5, 5.41) is 2.61. The van der Waals surface area contributed by atoms with Crippen LogP contribution in [0.25, 0.3) is 0 Å². The second kappa shape index (κ2) is 39.7. The van der Waals surface area contributed by atoms with Crippen LogP contribution in [-0.2, 0) is 35.1 Å². The molecule has 3 unspecified atom stereocenters. The van der Waals surface area contributed by atoms with Gasteiger partial charge in [-0.05, 0) is 195 Å². The molecule has 6 heterocycles. The summed E-state index contributed by atoms with van der Waals surface area (Å²) in [6.07, 6.45) is 14.6. The number of carbonyl (C=O) groups is 7. The summed E-state index contributed by atoms with van der Waals surface area (Å²) in [4.78, 5) is 95.1. The van der Waals surface area contributed by atoms with Crippen LogP contribution in [0.15, 0.2) is 60.7 Å². The number of nitrogens with zero attached hydrogens (tertiary/aromatic N) is 7. The third-order valence-electron chi connectivity index (χ3n) is 15.6. The first kappa shape index (κ1) is 75.1. The van der Waals surface area contributed by atoms with Gasteiger partial charge in [-0.2, -0.15) is 0 Å². The third-order valence-corrected chi connectivity index (χ3v) is 15.8. The molecular formula is C67H110ClN9O11. The summed E-state index contributed by atoms with van der Waals surface area (Å²) in [5.74, 6) is 0.122. The molecule has 0 aliphatic carbocycles. The Labute approximate surface area is 532 Å². The number of hydrogen-bond acceptors (Lipinski definition) is 16. The van der Waals surface area contributed by atoms with Crippen LogP contribution in [0.1, 0.15) is 155 Å². The normalized spacial score (nSPS) is 20.0. The van der Waals surface area contributed by atoms with Gasteiger partial charge in [-0.25, -0.2) is 19.2 Å². The minimum absolute atomic E-state index is 0.0116. The first-order valence-electron chi connectivity index (χ1n) is 32.5. The van der Waals surface area contributed by atoms with E-state index < -0.39 is 27.8 Å². The standard InChI is InChI=1S/C25H39N3O4.C17H33N3O2.C10H17NO3.C8H5ClO2.C7H16N2/c1-25(2,3)32-24(30)27-15-12-22(18-27)19-28(17-16-26-13-8-5-9-14-26)23(29)31-20-21-10-6-4-7-11-21;1-17(2,3)22-16(21)20-11-7-15(14-20)13-18-8-12-19-9-5-4-6-10-19;1-10(2,3)14-9(13)11-5-4-8(6-11)7-12;9-8(11)7(10)6-4-2-1-3-5-6;8-4-7-9-5-2-1-3-6-9/h4,6-7,10-11,22H,5,8-9,12-20H2,1-3H3;15,18H,4-14H2,1-3H3;7-8H,4-6H2,1-3H3;1-5H;1-8H2. The maximum Gasteiger partial charge on any atom is 0.410 e. The first-order valence-corrected chi connectivity index (χ1v) is 32.9. The van der Waals surface area contributed by atoms with Crippen molar-refractivity contribution in [2.45, 2.75) is 163 Å². The highest BCUT2D eigenvalue weighted by Gasteiger charge is 2.34. The molecule has 2 aromatic carbocycles. The number of ether oxygens (including phenoxy) is 4. The monoisotopic (exact) mass is 1250 g/mol. The molecule has 6 aliphatic heterocycles. The second-order valence-electron chi connectivity index (χ2n) is 26.9. The van der Waals surface area contributed by atoms with E-state index in [2.05, 4.69) is 20.0 Å². The number of hydrogen-bond donors (Lipinski definition) is 2. The number of Topliss-reactive ketones (excluding diaryl/α,β-unsaturated/α-hetero) is 1. The highest BCUT2D eigenvalue weighted by molar-refractivity contribution is 6.83. The van der Waals surface area contributed by atoms with E-state index >= 15 is 0 Å². The molecule has 4 amide bonds. The van der Waals surface area contributed by atoms with E-state index in [1.54, 1.807) is 40.1 Å². The van der Waals surface area contributed by atoms with Gasteiger partial charge in [-0.3, -0.25) is 9.59 Å². The predicted octanol–water partition coefficient (Wildman–Crippen LogP) is 10.2. The van der Waals surface area contributed by atoms with Crippen molar-refractivity contribution in [3.8, 4) is 0 Å². The zero-order valence-corrected chi connectivity index (χ0v) is 55.7. The molecule has 6 fully saturated rings. The largest absolute Gasteiger partial charge is 0.445 e. The second-order valence-corrected chi connectivity index (χ2v) is 27.3. The summed E-state index contributed by atoms with van der Waals surface area (Å²) in [7, 11) is 0. The Kier molecular flexibility index (Phi) is 33.9. The number of aldehydes is 1. The molecule has 2 aromatic rings. The number of piperidine rings is 3. The molecule has 6 saturated heterocycles. The molecule has 0 aromatic heterocycles. The average molecular weight is 1250 g/mol. The minimum Gasteiger partial charge on any atom is -0.445 e. The highest BCUT2D eigenvalue weighted by atomic mass is 35.5. The summed E-state index contributed by atoms with van der Waals surface area (Å²) in [5.41, 5.74) is 5.36. The smallest absolute Gasteiger partial charge is 0.410 e. The number of nitrogens with two attached hydrogens (primary N) is 1. The maximum absolute atomic E-state index is 13.0. The molecule has 0 spiro atoms. The van der Waals surface area contributed by atoms with Gasteiger partial charge < -0.3 is 69.1 Å². The fourth-order valence-electron chi connectivity index (χ4n) is 11.0. The van der Waals surface area contributed by atoms with E-state index in [1.165, 1.54) is 84.0 Å². The van der Waals surface area contributed by atoms with Gasteiger partial charge in [0.2, 0.25) is 5.78 Å². The molecule has 3 N–H and O–H groups in total. The Balaban J connectivity index is 0.000000255. The number of rotatable bonds is 17. The lowest BCUT2D eigenvalue weighted by atomic mass is 10.1. The van der Waals surface area contributed by atoms with Gasteiger partial charge in [-0.15, -0.1) is 0 Å². The van der Waals surface area contributed by atoms with Crippen LogP contribution >= 0.6 is 11.6 Å². The zero-order valence-electron chi connectivity index (χ0n) is 55.0. The van der Waals surface area contributed by atoms with E-state index in [9.17, 15) is 33.6 Å². The fraction of sp³-hybridized carbons (Fsp3) is 0.716. The van der Waals surface area contributed by atoms with Crippen molar-refractivity contribution in [2.75, 3.05) is 131 Å². The average Bonchev–Trinajstić information content (AvgIpc) is 4.52. The van der Waals surface area contributed by atoms with Crippen LogP contribution in [0.4, 0.5) is 19.2 Å². The lowest BCUT2D eigenvalue weighted by Crippen LogP contribution is -2.43. The number of halogens is 1. The van der Waals surface area contributed by atoms with Crippen molar-refractivity contribution < 1.29 is 52.5 Å². The molecule has 0 bridgehead atoms. The van der Waals surface area contributed by atoms with Crippen LogP contribution in [0.3, 0.4) is 0 Å². The minimum atomic E-state index is -0.948. The van der Waals surface area contributed by atoms with Gasteiger partial charge in [0.25, 0.3) is 5.24 Å². The van der Waals surface area contributed by atoms with Crippen molar-refractivity contribution in [2.24, 2.45) is 23.5 Å². The molecule has 21 heteroatoms. The Morgan fingerprint density at radius 1 is 0.568 bits per heavy atom. The summed E-state index contributed by atoms with van der Waals surface area (Å²) in [6, 6.07) is 18.0. The Bertz CT molecular complexity index is 2350. The van der Waals surface area contributed by atoms with Crippen LogP contribution in [0, 0.1) is 17.8 Å². The summed E-state index contributed by atoms with van der Waals surface area (Å²) >= 11 is 4.97. The molecule has 0 radical (unpaired) electrons. The van der Waals surface area contributed by atoms with Gasteiger partial charge in [0.05, 0.1) is 0 Å². The molecule has 6 aliphatic rings. The number of carbonyl (C=O) groups excluding carboxylic acids is 7. The Morgan fingerprint density at radius 3 is 1.45 bits per heavy atom. The molecule has 0 saturated carbocycles. The zero-order chi connectivity index (χ0) is 64.5. The quantitative estimate of drug-likeness (QED) is 0.0376. The van der Waals surface area contributed by atoms with Crippen molar-refractivity contribution in [1.82, 2.24) is 39.6 Å². The van der Waals surface area contributed by atoms with Crippen LogP contribution in [-0.4, -0.2) is 224 Å². The molecular weight excluding hydrogens is 1140 g/mol. The maximum atomic E-state index is 13.0. The molecule has 3 atom stereocenters. The molecule has 20 nitrogen and oxygen atoms in total. The van der Waals surface area contributed by atoms with Crippen molar-refractivity contribution in [3.63, 3.8) is 0 Å². The van der Waals surface area contributed by atoms with Crippen LogP contribution in [0.2, 0.25) is 0 Å². The number of nitrogens with one attached hydrogen (secondary N) is 1. The van der Waals surface area contributed by atoms with E-state index in [4.69, 9.17) is 36.3 Å². The molecule has 88 heavy (non-hydrogen) atoms. The molecule has 496 valence electrons. The van der Waals surface area contributed by atoms with Gasteiger partial charge in [0.1, 0.15) is 29.7 Å². The Hall–Kier alpha value is -5.38.